The second-order valence-electron chi connectivity index (χ2n) is 5.99. The maximum atomic E-state index is 13.0. The lowest BCUT2D eigenvalue weighted by Gasteiger charge is -2.39. The Morgan fingerprint density at radius 3 is 2.67 bits per heavy atom. The summed E-state index contributed by atoms with van der Waals surface area (Å²) >= 11 is 0. The number of para-hydroxylation sites is 1. The minimum atomic E-state index is -0.889. The van der Waals surface area contributed by atoms with Crippen molar-refractivity contribution in [2.45, 2.75) is 32.2 Å². The number of esters is 1. The fourth-order valence-corrected chi connectivity index (χ4v) is 3.47. The van der Waals surface area contributed by atoms with E-state index >= 15 is 0 Å². The molecule has 2 unspecified atom stereocenters. The Kier molecular flexibility index (Phi) is 3.12. The molecule has 0 bridgehead atoms. The van der Waals surface area contributed by atoms with Crippen molar-refractivity contribution >= 4 is 17.4 Å². The lowest BCUT2D eigenvalue weighted by atomic mass is 9.69. The van der Waals surface area contributed by atoms with Gasteiger partial charge < -0.3 is 10.1 Å². The first kappa shape index (κ1) is 13.9. The van der Waals surface area contributed by atoms with E-state index in [1.807, 2.05) is 38.1 Å². The van der Waals surface area contributed by atoms with Crippen LogP contribution in [0.3, 0.4) is 0 Å². The standard InChI is InChI=1S/C17H19NO3/c1-10-8-13(16(20)21-3)17(9-11(10)2)15(19)12-6-4-5-7-14(12)18-17/h4-7,13,18H,8-9H2,1-3H3. The number of hydrogen-bond acceptors (Lipinski definition) is 4. The zero-order valence-electron chi connectivity index (χ0n) is 12.5. The van der Waals surface area contributed by atoms with Gasteiger partial charge in [0.25, 0.3) is 0 Å². The van der Waals surface area contributed by atoms with Gasteiger partial charge in [0.1, 0.15) is 5.54 Å². The van der Waals surface area contributed by atoms with Gasteiger partial charge >= 0.3 is 5.97 Å². The molecule has 110 valence electrons. The lowest BCUT2D eigenvalue weighted by Crippen LogP contribution is -2.54. The molecule has 1 aromatic rings. The molecule has 2 atom stereocenters. The van der Waals surface area contributed by atoms with Gasteiger partial charge in [-0.05, 0) is 38.8 Å². The van der Waals surface area contributed by atoms with Crippen LogP contribution in [-0.2, 0) is 9.53 Å². The van der Waals surface area contributed by atoms with Gasteiger partial charge in [-0.2, -0.15) is 0 Å². The molecule has 1 aliphatic carbocycles. The molecule has 1 heterocycles. The van der Waals surface area contributed by atoms with E-state index in [0.717, 1.165) is 5.69 Å². The molecule has 0 radical (unpaired) electrons. The first-order chi connectivity index (χ1) is 9.99. The number of nitrogens with one attached hydrogen (secondary N) is 1. The Morgan fingerprint density at radius 2 is 2.00 bits per heavy atom. The van der Waals surface area contributed by atoms with Gasteiger partial charge in [-0.3, -0.25) is 9.59 Å². The predicted molar refractivity (Wildman–Crippen MR) is 80.2 cm³/mol. The van der Waals surface area contributed by atoms with Gasteiger partial charge in [-0.15, -0.1) is 0 Å². The van der Waals surface area contributed by atoms with Crippen LogP contribution in [0.4, 0.5) is 5.69 Å². The molecular weight excluding hydrogens is 266 g/mol. The highest BCUT2D eigenvalue weighted by Gasteiger charge is 2.55. The molecule has 1 N–H and O–H groups in total. The van der Waals surface area contributed by atoms with Gasteiger partial charge in [-0.25, -0.2) is 0 Å². The summed E-state index contributed by atoms with van der Waals surface area (Å²) in [7, 11) is 1.38. The average Bonchev–Trinajstić information content (AvgIpc) is 2.76. The van der Waals surface area contributed by atoms with Gasteiger partial charge in [0.2, 0.25) is 0 Å². The molecule has 4 nitrogen and oxygen atoms in total. The van der Waals surface area contributed by atoms with E-state index in [1.165, 1.54) is 18.3 Å². The number of anilines is 1. The van der Waals surface area contributed by atoms with Crippen molar-refractivity contribution in [2.24, 2.45) is 5.92 Å². The Morgan fingerprint density at radius 1 is 1.29 bits per heavy atom. The summed E-state index contributed by atoms with van der Waals surface area (Å²) in [6, 6.07) is 7.44. The van der Waals surface area contributed by atoms with Crippen molar-refractivity contribution in [3.05, 3.63) is 41.0 Å². The van der Waals surface area contributed by atoms with E-state index in [9.17, 15) is 9.59 Å². The normalized spacial score (nSPS) is 27.6. The molecule has 1 aliphatic heterocycles. The Labute approximate surface area is 124 Å². The molecule has 0 amide bonds. The zero-order valence-corrected chi connectivity index (χ0v) is 12.5. The van der Waals surface area contributed by atoms with E-state index in [0.29, 0.717) is 18.4 Å². The SMILES string of the molecule is COC(=O)C1CC(C)=C(C)CC12Nc1ccccc1C2=O. The smallest absolute Gasteiger partial charge is 0.311 e. The van der Waals surface area contributed by atoms with E-state index < -0.39 is 11.5 Å². The summed E-state index contributed by atoms with van der Waals surface area (Å²) in [5, 5.41) is 3.33. The van der Waals surface area contributed by atoms with Crippen molar-refractivity contribution in [1.82, 2.24) is 0 Å². The number of fused-ring (bicyclic) bond motifs is 1. The van der Waals surface area contributed by atoms with Crippen LogP contribution in [0.5, 0.6) is 0 Å². The Bertz CT molecular complexity index is 662. The number of carbonyl (C=O) groups excluding carboxylic acids is 2. The molecule has 4 heteroatoms. The largest absolute Gasteiger partial charge is 0.469 e. The van der Waals surface area contributed by atoms with Crippen molar-refractivity contribution in [3.63, 3.8) is 0 Å². The number of methoxy groups -OCH3 is 1. The van der Waals surface area contributed by atoms with Crippen LogP contribution in [0.1, 0.15) is 37.0 Å². The maximum absolute atomic E-state index is 13.0. The second kappa shape index (κ2) is 4.72. The highest BCUT2D eigenvalue weighted by molar-refractivity contribution is 6.15. The molecule has 0 fully saturated rings. The van der Waals surface area contributed by atoms with Gasteiger partial charge in [0.05, 0.1) is 13.0 Å². The van der Waals surface area contributed by atoms with Crippen LogP contribution in [0.25, 0.3) is 0 Å². The summed E-state index contributed by atoms with van der Waals surface area (Å²) in [4.78, 5) is 25.2. The summed E-state index contributed by atoms with van der Waals surface area (Å²) < 4.78 is 4.95. The number of Topliss-reactive ketones (excluding diaryl/α,β-unsaturated/α-hetero) is 1. The number of rotatable bonds is 1. The Balaban J connectivity index is 2.11. The molecule has 1 aromatic carbocycles. The molecule has 1 spiro atoms. The third-order valence-corrected chi connectivity index (χ3v) is 4.80. The minimum absolute atomic E-state index is 0.000324. The molecule has 0 aromatic heterocycles. The molecule has 2 aliphatic rings. The number of carbonyl (C=O) groups is 2. The van der Waals surface area contributed by atoms with Gasteiger partial charge in [0, 0.05) is 11.3 Å². The number of hydrogen-bond donors (Lipinski definition) is 1. The van der Waals surface area contributed by atoms with Gasteiger partial charge in [-0.1, -0.05) is 23.3 Å². The number of benzene rings is 1. The van der Waals surface area contributed by atoms with Gasteiger partial charge in [0.15, 0.2) is 5.78 Å². The van der Waals surface area contributed by atoms with Crippen molar-refractivity contribution in [3.8, 4) is 0 Å². The van der Waals surface area contributed by atoms with Crippen molar-refractivity contribution in [2.75, 3.05) is 12.4 Å². The second-order valence-corrected chi connectivity index (χ2v) is 5.99. The van der Waals surface area contributed by atoms with Crippen LogP contribution in [0, 0.1) is 5.92 Å². The molecular formula is C17H19NO3. The van der Waals surface area contributed by atoms with Crippen molar-refractivity contribution in [1.29, 1.82) is 0 Å². The predicted octanol–water partition coefficient (Wildman–Crippen LogP) is 2.95. The minimum Gasteiger partial charge on any atom is -0.469 e. The molecule has 0 saturated carbocycles. The van der Waals surface area contributed by atoms with Crippen LogP contribution in [-0.4, -0.2) is 24.4 Å². The van der Waals surface area contributed by atoms with Crippen molar-refractivity contribution < 1.29 is 14.3 Å². The number of ketones is 1. The maximum Gasteiger partial charge on any atom is 0.311 e. The number of allylic oxidation sites excluding steroid dienone is 1. The first-order valence-corrected chi connectivity index (χ1v) is 7.14. The fourth-order valence-electron chi connectivity index (χ4n) is 3.47. The van der Waals surface area contributed by atoms with Crippen LogP contribution >= 0.6 is 0 Å². The van der Waals surface area contributed by atoms with Crippen LogP contribution in [0.2, 0.25) is 0 Å². The molecule has 0 saturated heterocycles. The highest BCUT2D eigenvalue weighted by atomic mass is 16.5. The van der Waals surface area contributed by atoms with E-state index in [4.69, 9.17) is 4.74 Å². The van der Waals surface area contributed by atoms with E-state index in [1.54, 1.807) is 0 Å². The monoisotopic (exact) mass is 285 g/mol. The lowest BCUT2D eigenvalue weighted by molar-refractivity contribution is -0.147. The topological polar surface area (TPSA) is 55.4 Å². The summed E-state index contributed by atoms with van der Waals surface area (Å²) in [5.74, 6) is -0.804. The van der Waals surface area contributed by atoms with E-state index in [2.05, 4.69) is 5.32 Å². The Hall–Kier alpha value is -2.10. The molecule has 3 rings (SSSR count). The fraction of sp³-hybridized carbons (Fsp3) is 0.412. The number of ether oxygens (including phenoxy) is 1. The van der Waals surface area contributed by atoms with E-state index in [-0.39, 0.29) is 11.8 Å². The zero-order chi connectivity index (χ0) is 15.2. The summed E-state index contributed by atoms with van der Waals surface area (Å²) in [5.41, 5.74) is 2.92. The summed E-state index contributed by atoms with van der Waals surface area (Å²) in [6.07, 6.45) is 1.11. The molecule has 21 heavy (non-hydrogen) atoms. The average molecular weight is 285 g/mol. The third kappa shape index (κ3) is 1.89. The summed E-state index contributed by atoms with van der Waals surface area (Å²) in [6.45, 7) is 4.05. The first-order valence-electron chi connectivity index (χ1n) is 7.14. The highest BCUT2D eigenvalue weighted by Crippen LogP contribution is 2.46. The quantitative estimate of drug-likeness (QED) is 0.636. The van der Waals surface area contributed by atoms with Crippen LogP contribution in [0.15, 0.2) is 35.4 Å². The van der Waals surface area contributed by atoms with Crippen LogP contribution < -0.4 is 5.32 Å². The third-order valence-electron chi connectivity index (χ3n) is 4.80.